The van der Waals surface area contributed by atoms with Gasteiger partial charge in [0.25, 0.3) is 5.69 Å². The van der Waals surface area contributed by atoms with Crippen molar-refractivity contribution in [2.75, 3.05) is 12.4 Å². The molecule has 0 heterocycles. The van der Waals surface area contributed by atoms with E-state index in [9.17, 15) is 14.9 Å². The van der Waals surface area contributed by atoms with Crippen molar-refractivity contribution < 1.29 is 14.5 Å². The highest BCUT2D eigenvalue weighted by atomic mass is 16.6. The molecule has 1 N–H and O–H groups in total. The smallest absolute Gasteiger partial charge is 0.330 e. The lowest BCUT2D eigenvalue weighted by Crippen LogP contribution is -2.20. The summed E-state index contributed by atoms with van der Waals surface area (Å²) < 4.78 is 4.50. The number of carbonyl (C=O) groups excluding carboxylic acids is 1. The summed E-state index contributed by atoms with van der Waals surface area (Å²) in [6, 6.07) is 5.06. The molecule has 22 heavy (non-hydrogen) atoms. The van der Waals surface area contributed by atoms with Gasteiger partial charge in [0.1, 0.15) is 5.69 Å². The van der Waals surface area contributed by atoms with Crippen molar-refractivity contribution in [3.05, 3.63) is 52.1 Å². The maximum atomic E-state index is 11.2. The van der Waals surface area contributed by atoms with Crippen molar-refractivity contribution in [3.63, 3.8) is 0 Å². The highest BCUT2D eigenvalue weighted by Crippen LogP contribution is 2.28. The van der Waals surface area contributed by atoms with Crippen LogP contribution in [0.3, 0.4) is 0 Å². The van der Waals surface area contributed by atoms with Crippen molar-refractivity contribution in [3.8, 4) is 0 Å². The Hall–Kier alpha value is -2.63. The fourth-order valence-corrected chi connectivity index (χ4v) is 2.30. The van der Waals surface area contributed by atoms with Crippen LogP contribution in [0.25, 0.3) is 6.08 Å². The predicted octanol–water partition coefficient (Wildman–Crippen LogP) is 3.30. The van der Waals surface area contributed by atoms with Crippen LogP contribution < -0.4 is 5.32 Å². The molecule has 1 atom stereocenters. The van der Waals surface area contributed by atoms with Crippen LogP contribution >= 0.6 is 0 Å². The van der Waals surface area contributed by atoms with Gasteiger partial charge in [-0.15, -0.1) is 0 Å². The second-order valence-corrected chi connectivity index (χ2v) is 5.02. The third-order valence-corrected chi connectivity index (χ3v) is 3.46. The molecule has 6 heteroatoms. The van der Waals surface area contributed by atoms with Gasteiger partial charge in [0.2, 0.25) is 0 Å². The van der Waals surface area contributed by atoms with Crippen molar-refractivity contribution in [1.29, 1.82) is 0 Å². The van der Waals surface area contributed by atoms with E-state index in [0.29, 0.717) is 11.3 Å². The van der Waals surface area contributed by atoms with Crippen LogP contribution in [-0.2, 0) is 9.53 Å². The first-order chi connectivity index (χ1) is 10.6. The Bertz CT molecular complexity index is 623. The molecule has 0 fully saturated rings. The number of hydrogen-bond acceptors (Lipinski definition) is 5. The van der Waals surface area contributed by atoms with Gasteiger partial charge < -0.3 is 10.1 Å². The van der Waals surface area contributed by atoms with Crippen LogP contribution in [-0.4, -0.2) is 24.0 Å². The third kappa shape index (κ3) is 4.18. The Balaban J connectivity index is 2.19. The van der Waals surface area contributed by atoms with Crippen LogP contribution in [0.1, 0.15) is 24.8 Å². The molecule has 0 aromatic heterocycles. The second kappa shape index (κ2) is 7.40. The van der Waals surface area contributed by atoms with E-state index in [4.69, 9.17) is 0 Å². The van der Waals surface area contributed by atoms with Crippen molar-refractivity contribution in [2.45, 2.75) is 25.3 Å². The summed E-state index contributed by atoms with van der Waals surface area (Å²) in [5, 5.41) is 14.5. The maximum absolute atomic E-state index is 11.2. The molecular formula is C16H18N2O4. The van der Waals surface area contributed by atoms with Gasteiger partial charge in [-0.05, 0) is 37.0 Å². The number of ether oxygens (including phenoxy) is 1. The zero-order valence-electron chi connectivity index (χ0n) is 12.3. The Labute approximate surface area is 128 Å². The minimum atomic E-state index is -0.501. The Kier molecular flexibility index (Phi) is 5.30. The van der Waals surface area contributed by atoms with Crippen LogP contribution in [0.5, 0.6) is 0 Å². The normalized spacial score (nSPS) is 17.4. The number of esters is 1. The minimum Gasteiger partial charge on any atom is -0.466 e. The fraction of sp³-hybridized carbons (Fsp3) is 0.312. The number of hydrogen-bond donors (Lipinski definition) is 1. The van der Waals surface area contributed by atoms with E-state index < -0.39 is 10.9 Å². The number of rotatable bonds is 5. The zero-order valence-corrected chi connectivity index (χ0v) is 12.3. The summed E-state index contributed by atoms with van der Waals surface area (Å²) in [7, 11) is 1.28. The van der Waals surface area contributed by atoms with Gasteiger partial charge in [-0.3, -0.25) is 10.1 Å². The lowest BCUT2D eigenvalue weighted by Gasteiger charge is -2.20. The van der Waals surface area contributed by atoms with E-state index in [1.165, 1.54) is 25.3 Å². The third-order valence-electron chi connectivity index (χ3n) is 3.46. The Morgan fingerprint density at radius 3 is 2.91 bits per heavy atom. The quantitative estimate of drug-likeness (QED) is 0.297. The summed E-state index contributed by atoms with van der Waals surface area (Å²) in [6.45, 7) is 0. The van der Waals surface area contributed by atoms with E-state index in [2.05, 4.69) is 22.2 Å². The number of nitro benzene ring substituents is 1. The number of nitrogens with zero attached hydrogens (tertiary/aromatic N) is 1. The van der Waals surface area contributed by atoms with E-state index >= 15 is 0 Å². The van der Waals surface area contributed by atoms with E-state index in [0.717, 1.165) is 19.3 Å². The molecule has 0 spiro atoms. The second-order valence-electron chi connectivity index (χ2n) is 5.02. The molecule has 0 saturated heterocycles. The average Bonchev–Trinajstić information content (AvgIpc) is 2.54. The Morgan fingerprint density at radius 1 is 1.45 bits per heavy atom. The monoisotopic (exact) mass is 302 g/mol. The van der Waals surface area contributed by atoms with Gasteiger partial charge >= 0.3 is 5.97 Å². The lowest BCUT2D eigenvalue weighted by molar-refractivity contribution is -0.384. The van der Waals surface area contributed by atoms with Crippen LogP contribution in [0.2, 0.25) is 0 Å². The lowest BCUT2D eigenvalue weighted by atomic mass is 10.0. The molecule has 0 bridgehead atoms. The van der Waals surface area contributed by atoms with Gasteiger partial charge in [-0.1, -0.05) is 18.2 Å². The number of anilines is 1. The molecule has 1 aromatic rings. The maximum Gasteiger partial charge on any atom is 0.330 e. The van der Waals surface area contributed by atoms with Crippen molar-refractivity contribution >= 4 is 23.4 Å². The molecule has 1 aromatic carbocycles. The molecule has 6 nitrogen and oxygen atoms in total. The highest BCUT2D eigenvalue weighted by molar-refractivity contribution is 5.87. The first-order valence-corrected chi connectivity index (χ1v) is 7.06. The van der Waals surface area contributed by atoms with Gasteiger partial charge in [0, 0.05) is 18.2 Å². The van der Waals surface area contributed by atoms with Crippen molar-refractivity contribution in [2.24, 2.45) is 0 Å². The topological polar surface area (TPSA) is 81.5 Å². The summed E-state index contributed by atoms with van der Waals surface area (Å²) in [6.07, 6.45) is 9.72. The number of nitrogens with one attached hydrogen (secondary N) is 1. The van der Waals surface area contributed by atoms with Gasteiger partial charge in [-0.25, -0.2) is 4.79 Å². The first kappa shape index (κ1) is 15.8. The summed E-state index contributed by atoms with van der Waals surface area (Å²) in [4.78, 5) is 21.9. The standard InChI is InChI=1S/C16H18N2O4/c1-22-16(19)10-8-12-7-9-14(15(11-12)18(20)21)17-13-5-3-2-4-6-13/h2-3,7-11,13,17H,4-6H2,1H3/b10-8+. The number of carbonyl (C=O) groups is 1. The summed E-state index contributed by atoms with van der Waals surface area (Å²) in [5.74, 6) is -0.501. The predicted molar refractivity (Wildman–Crippen MR) is 84.5 cm³/mol. The van der Waals surface area contributed by atoms with E-state index in [-0.39, 0.29) is 11.7 Å². The van der Waals surface area contributed by atoms with Gasteiger partial charge in [0.15, 0.2) is 0 Å². The molecule has 0 amide bonds. The number of methoxy groups -OCH3 is 1. The van der Waals surface area contributed by atoms with Gasteiger partial charge in [-0.2, -0.15) is 0 Å². The molecule has 2 rings (SSSR count). The summed E-state index contributed by atoms with van der Waals surface area (Å²) in [5.41, 5.74) is 1.08. The zero-order chi connectivity index (χ0) is 15.9. The SMILES string of the molecule is COC(=O)/C=C/c1ccc(NC2CC=CCC2)c([N+](=O)[O-])c1. The van der Waals surface area contributed by atoms with Crippen LogP contribution in [0.15, 0.2) is 36.4 Å². The number of allylic oxidation sites excluding steroid dienone is 1. The first-order valence-electron chi connectivity index (χ1n) is 7.06. The van der Waals surface area contributed by atoms with Crippen LogP contribution in [0, 0.1) is 10.1 Å². The highest BCUT2D eigenvalue weighted by Gasteiger charge is 2.18. The molecule has 116 valence electrons. The average molecular weight is 302 g/mol. The molecule has 0 aliphatic heterocycles. The number of nitro groups is 1. The van der Waals surface area contributed by atoms with Crippen LogP contribution in [0.4, 0.5) is 11.4 Å². The van der Waals surface area contributed by atoms with E-state index in [1.807, 2.05) is 0 Å². The molecule has 1 aliphatic carbocycles. The Morgan fingerprint density at radius 2 is 2.27 bits per heavy atom. The van der Waals surface area contributed by atoms with Gasteiger partial charge in [0.05, 0.1) is 12.0 Å². The largest absolute Gasteiger partial charge is 0.466 e. The minimum absolute atomic E-state index is 0.00145. The molecular weight excluding hydrogens is 284 g/mol. The summed E-state index contributed by atoms with van der Waals surface area (Å²) >= 11 is 0. The molecule has 1 unspecified atom stereocenters. The van der Waals surface area contributed by atoms with E-state index in [1.54, 1.807) is 12.1 Å². The number of benzene rings is 1. The van der Waals surface area contributed by atoms with Crippen molar-refractivity contribution in [1.82, 2.24) is 0 Å². The fourth-order valence-electron chi connectivity index (χ4n) is 2.30. The molecule has 0 saturated carbocycles. The molecule has 1 aliphatic rings. The molecule has 0 radical (unpaired) electrons.